The summed E-state index contributed by atoms with van der Waals surface area (Å²) >= 11 is 0. The standard InChI is InChI=1S/C16H27N3/c1-18(2)15-7-5-14(6-8-15)9-11-16(17)10-4-12-19(3)13-16/h5-8H,4,9-13,17H2,1-3H3. The van der Waals surface area contributed by atoms with E-state index in [4.69, 9.17) is 5.73 Å². The maximum atomic E-state index is 6.53. The molecule has 1 aromatic carbocycles. The van der Waals surface area contributed by atoms with Gasteiger partial charge in [0, 0.05) is 31.9 Å². The van der Waals surface area contributed by atoms with E-state index in [9.17, 15) is 0 Å². The molecule has 3 nitrogen and oxygen atoms in total. The highest BCUT2D eigenvalue weighted by Gasteiger charge is 2.29. The molecule has 0 aliphatic carbocycles. The van der Waals surface area contributed by atoms with Crippen LogP contribution in [-0.2, 0) is 6.42 Å². The second-order valence-corrected chi connectivity index (χ2v) is 6.26. The Morgan fingerprint density at radius 2 is 1.95 bits per heavy atom. The fourth-order valence-electron chi connectivity index (χ4n) is 2.95. The fraction of sp³-hybridized carbons (Fsp3) is 0.625. The van der Waals surface area contributed by atoms with E-state index in [1.807, 2.05) is 0 Å². The molecule has 0 amide bonds. The van der Waals surface area contributed by atoms with Gasteiger partial charge in [-0.15, -0.1) is 0 Å². The lowest BCUT2D eigenvalue weighted by atomic mass is 9.85. The zero-order chi connectivity index (χ0) is 13.9. The number of benzene rings is 1. The molecule has 0 spiro atoms. The van der Waals surface area contributed by atoms with Crippen LogP contribution in [0.15, 0.2) is 24.3 Å². The molecule has 106 valence electrons. The van der Waals surface area contributed by atoms with Crippen molar-refractivity contribution >= 4 is 5.69 Å². The second kappa shape index (κ2) is 5.93. The molecule has 0 saturated carbocycles. The smallest absolute Gasteiger partial charge is 0.0361 e. The largest absolute Gasteiger partial charge is 0.378 e. The maximum Gasteiger partial charge on any atom is 0.0361 e. The molecule has 2 N–H and O–H groups in total. The van der Waals surface area contributed by atoms with Crippen molar-refractivity contribution < 1.29 is 0 Å². The van der Waals surface area contributed by atoms with Gasteiger partial charge in [-0.05, 0) is 57.0 Å². The minimum atomic E-state index is 0.00716. The summed E-state index contributed by atoms with van der Waals surface area (Å²) in [6.07, 6.45) is 4.55. The lowest BCUT2D eigenvalue weighted by Gasteiger charge is -2.38. The summed E-state index contributed by atoms with van der Waals surface area (Å²) in [4.78, 5) is 4.49. The van der Waals surface area contributed by atoms with E-state index in [0.29, 0.717) is 0 Å². The summed E-state index contributed by atoms with van der Waals surface area (Å²) < 4.78 is 0. The van der Waals surface area contributed by atoms with E-state index in [0.717, 1.165) is 25.8 Å². The Hall–Kier alpha value is -1.06. The molecule has 1 unspecified atom stereocenters. The van der Waals surface area contributed by atoms with Crippen LogP contribution in [0.4, 0.5) is 5.69 Å². The Balaban J connectivity index is 1.91. The van der Waals surface area contributed by atoms with Crippen molar-refractivity contribution in [3.63, 3.8) is 0 Å². The van der Waals surface area contributed by atoms with Gasteiger partial charge in [0.15, 0.2) is 0 Å². The second-order valence-electron chi connectivity index (χ2n) is 6.26. The highest BCUT2D eigenvalue weighted by molar-refractivity contribution is 5.46. The lowest BCUT2D eigenvalue weighted by Crippen LogP contribution is -2.53. The molecule has 1 aliphatic heterocycles. The topological polar surface area (TPSA) is 32.5 Å². The van der Waals surface area contributed by atoms with Crippen LogP contribution in [0.1, 0.15) is 24.8 Å². The Morgan fingerprint density at radius 1 is 1.26 bits per heavy atom. The third-order valence-corrected chi connectivity index (χ3v) is 4.16. The van der Waals surface area contributed by atoms with E-state index in [2.05, 4.69) is 55.2 Å². The number of likely N-dealkylation sites (N-methyl/N-ethyl adjacent to an activating group) is 1. The molecule has 1 saturated heterocycles. The highest BCUT2D eigenvalue weighted by atomic mass is 15.1. The Kier molecular flexibility index (Phi) is 4.48. The zero-order valence-electron chi connectivity index (χ0n) is 12.5. The minimum absolute atomic E-state index is 0.00716. The Labute approximate surface area is 117 Å². The summed E-state index contributed by atoms with van der Waals surface area (Å²) in [7, 11) is 6.32. The first-order chi connectivity index (χ1) is 8.98. The van der Waals surface area contributed by atoms with Crippen molar-refractivity contribution in [2.75, 3.05) is 39.1 Å². The Bertz CT molecular complexity index is 399. The fourth-order valence-corrected chi connectivity index (χ4v) is 2.95. The quantitative estimate of drug-likeness (QED) is 0.901. The number of likely N-dealkylation sites (tertiary alicyclic amines) is 1. The van der Waals surface area contributed by atoms with Gasteiger partial charge in [-0.2, -0.15) is 0 Å². The molecule has 0 bridgehead atoms. The van der Waals surface area contributed by atoms with Crippen LogP contribution < -0.4 is 10.6 Å². The summed E-state index contributed by atoms with van der Waals surface area (Å²) in [5.41, 5.74) is 9.18. The molecule has 1 heterocycles. The molecular weight excluding hydrogens is 234 g/mol. The summed E-state index contributed by atoms with van der Waals surface area (Å²) in [6, 6.07) is 8.83. The number of anilines is 1. The third kappa shape index (κ3) is 3.95. The van der Waals surface area contributed by atoms with Crippen LogP contribution in [0, 0.1) is 0 Å². The molecule has 0 aromatic heterocycles. The van der Waals surface area contributed by atoms with Crippen molar-refractivity contribution in [1.29, 1.82) is 0 Å². The van der Waals surface area contributed by atoms with Crippen molar-refractivity contribution in [2.24, 2.45) is 5.73 Å². The molecule has 1 atom stereocenters. The first kappa shape index (κ1) is 14.4. The van der Waals surface area contributed by atoms with Crippen molar-refractivity contribution in [3.8, 4) is 0 Å². The number of rotatable bonds is 4. The minimum Gasteiger partial charge on any atom is -0.378 e. The molecule has 1 aromatic rings. The number of hydrogen-bond acceptors (Lipinski definition) is 3. The summed E-state index contributed by atoms with van der Waals surface area (Å²) in [5, 5.41) is 0. The first-order valence-corrected chi connectivity index (χ1v) is 7.22. The van der Waals surface area contributed by atoms with Crippen LogP contribution in [0.3, 0.4) is 0 Å². The predicted octanol–water partition coefficient (Wildman–Crippen LogP) is 2.11. The molecule has 2 rings (SSSR count). The molecule has 19 heavy (non-hydrogen) atoms. The maximum absolute atomic E-state index is 6.53. The van der Waals surface area contributed by atoms with Crippen LogP contribution in [0.5, 0.6) is 0 Å². The normalized spacial score (nSPS) is 24.4. The SMILES string of the molecule is CN1CCCC(N)(CCc2ccc(N(C)C)cc2)C1. The van der Waals surface area contributed by atoms with E-state index in [1.165, 1.54) is 24.2 Å². The van der Waals surface area contributed by atoms with Crippen molar-refractivity contribution in [3.05, 3.63) is 29.8 Å². The monoisotopic (exact) mass is 261 g/mol. The van der Waals surface area contributed by atoms with Gasteiger partial charge < -0.3 is 15.5 Å². The van der Waals surface area contributed by atoms with E-state index < -0.39 is 0 Å². The van der Waals surface area contributed by atoms with Gasteiger partial charge in [0.1, 0.15) is 0 Å². The first-order valence-electron chi connectivity index (χ1n) is 7.22. The summed E-state index contributed by atoms with van der Waals surface area (Å²) in [6.45, 7) is 2.22. The highest BCUT2D eigenvalue weighted by Crippen LogP contribution is 2.23. The molecule has 1 aliphatic rings. The Morgan fingerprint density at radius 3 is 2.53 bits per heavy atom. The van der Waals surface area contributed by atoms with Crippen molar-refractivity contribution in [2.45, 2.75) is 31.2 Å². The van der Waals surface area contributed by atoms with Gasteiger partial charge in [-0.1, -0.05) is 12.1 Å². The van der Waals surface area contributed by atoms with Crippen LogP contribution in [0.25, 0.3) is 0 Å². The number of nitrogens with zero attached hydrogens (tertiary/aromatic N) is 2. The predicted molar refractivity (Wildman–Crippen MR) is 82.7 cm³/mol. The van der Waals surface area contributed by atoms with E-state index in [1.54, 1.807) is 0 Å². The van der Waals surface area contributed by atoms with Gasteiger partial charge in [0.05, 0.1) is 0 Å². The number of piperidine rings is 1. The number of aryl methyl sites for hydroxylation is 1. The van der Waals surface area contributed by atoms with Gasteiger partial charge in [0.2, 0.25) is 0 Å². The van der Waals surface area contributed by atoms with Crippen molar-refractivity contribution in [1.82, 2.24) is 4.90 Å². The molecule has 1 fully saturated rings. The van der Waals surface area contributed by atoms with Gasteiger partial charge in [0.25, 0.3) is 0 Å². The molecular formula is C16H27N3. The third-order valence-electron chi connectivity index (χ3n) is 4.16. The van der Waals surface area contributed by atoms with Crippen LogP contribution in [0.2, 0.25) is 0 Å². The average molecular weight is 261 g/mol. The molecule has 0 radical (unpaired) electrons. The van der Waals surface area contributed by atoms with Crippen LogP contribution in [-0.4, -0.2) is 44.7 Å². The molecule has 3 heteroatoms. The van der Waals surface area contributed by atoms with Crippen LogP contribution >= 0.6 is 0 Å². The lowest BCUT2D eigenvalue weighted by molar-refractivity contribution is 0.170. The van der Waals surface area contributed by atoms with E-state index >= 15 is 0 Å². The van der Waals surface area contributed by atoms with Gasteiger partial charge >= 0.3 is 0 Å². The number of hydrogen-bond donors (Lipinski definition) is 1. The zero-order valence-corrected chi connectivity index (χ0v) is 12.5. The van der Waals surface area contributed by atoms with Gasteiger partial charge in [-0.3, -0.25) is 0 Å². The summed E-state index contributed by atoms with van der Waals surface area (Å²) in [5.74, 6) is 0. The van der Waals surface area contributed by atoms with E-state index in [-0.39, 0.29) is 5.54 Å². The van der Waals surface area contributed by atoms with Gasteiger partial charge in [-0.25, -0.2) is 0 Å². The average Bonchev–Trinajstić information content (AvgIpc) is 2.37. The number of nitrogens with two attached hydrogens (primary N) is 1.